The van der Waals surface area contributed by atoms with Crippen molar-refractivity contribution in [3.63, 3.8) is 0 Å². The van der Waals surface area contributed by atoms with E-state index in [1.807, 2.05) is 0 Å². The molecule has 0 unspecified atom stereocenters. The lowest BCUT2D eigenvalue weighted by Gasteiger charge is -2.23. The van der Waals surface area contributed by atoms with Gasteiger partial charge in [-0.25, -0.2) is 4.79 Å². The fourth-order valence-corrected chi connectivity index (χ4v) is 3.95. The van der Waals surface area contributed by atoms with Crippen molar-refractivity contribution in [2.24, 2.45) is 0 Å². The average Bonchev–Trinajstić information content (AvgIpc) is 2.68. The number of aryl methyl sites for hydroxylation is 1. The lowest BCUT2D eigenvalue weighted by Crippen LogP contribution is -2.24. The van der Waals surface area contributed by atoms with Crippen LogP contribution in [0.3, 0.4) is 0 Å². The number of nitrogen functional groups attached to an aromatic ring is 1. The molecule has 1 aliphatic carbocycles. The Kier molecular flexibility index (Phi) is 4.47. The first-order chi connectivity index (χ1) is 13.8. The molecule has 29 heavy (non-hydrogen) atoms. The largest absolute Gasteiger partial charge is 0.478 e. The Bertz CT molecular complexity index is 1230. The number of carbonyl (C=O) groups is 3. The summed E-state index contributed by atoms with van der Waals surface area (Å²) >= 11 is 3.36. The molecule has 0 heterocycles. The van der Waals surface area contributed by atoms with E-state index >= 15 is 0 Å². The van der Waals surface area contributed by atoms with E-state index < -0.39 is 5.97 Å². The van der Waals surface area contributed by atoms with Crippen molar-refractivity contribution in [1.82, 2.24) is 0 Å². The summed E-state index contributed by atoms with van der Waals surface area (Å²) in [6, 6.07) is 13.0. The zero-order valence-corrected chi connectivity index (χ0v) is 16.8. The molecule has 0 bridgehead atoms. The Labute approximate surface area is 174 Å². The smallest absolute Gasteiger partial charge is 0.335 e. The number of benzene rings is 3. The molecule has 0 atom stereocenters. The topological polar surface area (TPSA) is 109 Å². The van der Waals surface area contributed by atoms with Gasteiger partial charge in [0.05, 0.1) is 28.1 Å². The van der Waals surface area contributed by atoms with Gasteiger partial charge in [-0.1, -0.05) is 24.3 Å². The van der Waals surface area contributed by atoms with Crippen LogP contribution in [0.5, 0.6) is 0 Å². The molecule has 0 spiro atoms. The van der Waals surface area contributed by atoms with Gasteiger partial charge in [-0.15, -0.1) is 0 Å². The van der Waals surface area contributed by atoms with Crippen LogP contribution >= 0.6 is 15.9 Å². The predicted octanol–water partition coefficient (Wildman–Crippen LogP) is 4.56. The van der Waals surface area contributed by atoms with E-state index in [1.54, 1.807) is 49.4 Å². The first kappa shape index (κ1) is 18.9. The number of fused-ring (bicyclic) bond motifs is 2. The Morgan fingerprint density at radius 2 is 1.62 bits per heavy atom. The molecule has 0 fully saturated rings. The van der Waals surface area contributed by atoms with Crippen molar-refractivity contribution < 1.29 is 19.5 Å². The van der Waals surface area contributed by atoms with Crippen LogP contribution in [-0.2, 0) is 0 Å². The molecule has 144 valence electrons. The van der Waals surface area contributed by atoms with Crippen LogP contribution in [0.15, 0.2) is 53.0 Å². The average molecular weight is 451 g/mol. The van der Waals surface area contributed by atoms with Gasteiger partial charge in [-0.3, -0.25) is 9.59 Å². The minimum Gasteiger partial charge on any atom is -0.478 e. The zero-order valence-electron chi connectivity index (χ0n) is 15.2. The second-order valence-corrected chi connectivity index (χ2v) is 7.65. The van der Waals surface area contributed by atoms with Gasteiger partial charge in [0.15, 0.2) is 11.6 Å². The van der Waals surface area contributed by atoms with Gasteiger partial charge >= 0.3 is 5.97 Å². The minimum absolute atomic E-state index is 0.114. The molecule has 0 radical (unpaired) electrons. The summed E-state index contributed by atoms with van der Waals surface area (Å²) in [5.74, 6) is -1.70. The number of hydrogen-bond donors (Lipinski definition) is 3. The Balaban J connectivity index is 1.91. The summed E-state index contributed by atoms with van der Waals surface area (Å²) in [5.41, 5.74) is 8.97. The number of halogens is 1. The lowest BCUT2D eigenvalue weighted by atomic mass is 9.82. The molecule has 6 nitrogen and oxygen atoms in total. The van der Waals surface area contributed by atoms with Gasteiger partial charge in [-0.05, 0) is 52.7 Å². The van der Waals surface area contributed by atoms with Gasteiger partial charge in [-0.2, -0.15) is 0 Å². The molecule has 3 aromatic carbocycles. The van der Waals surface area contributed by atoms with Crippen LogP contribution in [0.4, 0.5) is 17.1 Å². The number of carboxylic acid groups (broad SMARTS) is 1. The molecule has 0 aromatic heterocycles. The van der Waals surface area contributed by atoms with E-state index in [-0.39, 0.29) is 33.9 Å². The summed E-state index contributed by atoms with van der Waals surface area (Å²) in [5, 5.41) is 12.4. The molecular formula is C22H15BrN2O4. The molecule has 1 aliphatic rings. The van der Waals surface area contributed by atoms with Crippen LogP contribution in [-0.4, -0.2) is 22.6 Å². The second kappa shape index (κ2) is 6.86. The highest BCUT2D eigenvalue weighted by atomic mass is 79.9. The summed E-state index contributed by atoms with van der Waals surface area (Å²) in [4.78, 5) is 37.7. The minimum atomic E-state index is -1.06. The fraction of sp³-hybridized carbons (Fsp3) is 0.0455. The van der Waals surface area contributed by atoms with Gasteiger partial charge in [0, 0.05) is 21.3 Å². The monoisotopic (exact) mass is 450 g/mol. The number of ketones is 2. The number of hydrogen-bond acceptors (Lipinski definition) is 5. The number of nitrogens with one attached hydrogen (secondary N) is 1. The van der Waals surface area contributed by atoms with E-state index in [4.69, 9.17) is 5.73 Å². The van der Waals surface area contributed by atoms with Gasteiger partial charge < -0.3 is 16.2 Å². The number of anilines is 3. The van der Waals surface area contributed by atoms with Crippen LogP contribution in [0, 0.1) is 6.92 Å². The van der Waals surface area contributed by atoms with Gasteiger partial charge in [0.25, 0.3) is 0 Å². The summed E-state index contributed by atoms with van der Waals surface area (Å²) in [6.45, 7) is 1.77. The molecule has 7 heteroatoms. The molecular weight excluding hydrogens is 436 g/mol. The fourth-order valence-electron chi connectivity index (χ4n) is 3.52. The molecule has 0 aliphatic heterocycles. The highest BCUT2D eigenvalue weighted by Crippen LogP contribution is 2.40. The van der Waals surface area contributed by atoms with Crippen molar-refractivity contribution in [3.8, 4) is 0 Å². The molecule has 0 amide bonds. The van der Waals surface area contributed by atoms with Gasteiger partial charge in [0.2, 0.25) is 0 Å². The molecule has 3 aromatic rings. The maximum absolute atomic E-state index is 13.2. The first-order valence-corrected chi connectivity index (χ1v) is 9.49. The zero-order chi connectivity index (χ0) is 20.9. The summed E-state index contributed by atoms with van der Waals surface area (Å²) in [6.07, 6.45) is 0. The molecule has 0 saturated heterocycles. The number of aromatic carboxylic acids is 1. The highest BCUT2D eigenvalue weighted by molar-refractivity contribution is 9.10. The van der Waals surface area contributed by atoms with Crippen molar-refractivity contribution in [2.45, 2.75) is 6.92 Å². The molecule has 4 N–H and O–H groups in total. The van der Waals surface area contributed by atoms with Crippen LogP contribution in [0.25, 0.3) is 0 Å². The highest BCUT2D eigenvalue weighted by Gasteiger charge is 2.34. The Morgan fingerprint density at radius 3 is 2.24 bits per heavy atom. The van der Waals surface area contributed by atoms with Crippen LogP contribution in [0.2, 0.25) is 0 Å². The van der Waals surface area contributed by atoms with E-state index in [0.717, 1.165) is 5.56 Å². The third kappa shape index (κ3) is 3.09. The van der Waals surface area contributed by atoms with Crippen molar-refractivity contribution in [2.75, 3.05) is 11.1 Å². The SMILES string of the molecule is Cc1cc(Nc2cc(Br)c(N)c3c2C(=O)c2ccccc2C3=O)cc(C(=O)O)c1. The third-order valence-corrected chi connectivity index (χ3v) is 5.45. The summed E-state index contributed by atoms with van der Waals surface area (Å²) < 4.78 is 0.463. The normalized spacial score (nSPS) is 12.3. The number of nitrogens with two attached hydrogens (primary N) is 1. The van der Waals surface area contributed by atoms with E-state index in [0.29, 0.717) is 27.0 Å². The number of carboxylic acids is 1. The Hall–Kier alpha value is -3.45. The van der Waals surface area contributed by atoms with Crippen molar-refractivity contribution >= 4 is 50.5 Å². The standard InChI is InChI=1S/C22H15BrN2O4/c1-10-6-11(22(28)29)8-12(7-10)25-16-9-15(23)19(24)18-17(16)20(26)13-4-2-3-5-14(13)21(18)27/h2-9,25H,24H2,1H3,(H,28,29). The molecule has 4 rings (SSSR count). The van der Waals surface area contributed by atoms with Gasteiger partial charge in [0.1, 0.15) is 0 Å². The van der Waals surface area contributed by atoms with Crippen molar-refractivity contribution in [1.29, 1.82) is 0 Å². The third-order valence-electron chi connectivity index (χ3n) is 4.79. The van der Waals surface area contributed by atoms with E-state index in [2.05, 4.69) is 21.2 Å². The number of rotatable bonds is 3. The first-order valence-electron chi connectivity index (χ1n) is 8.70. The number of carbonyl (C=O) groups excluding carboxylic acids is 2. The van der Waals surface area contributed by atoms with Crippen molar-refractivity contribution in [3.05, 3.63) is 86.4 Å². The second-order valence-electron chi connectivity index (χ2n) is 6.79. The maximum atomic E-state index is 13.2. The van der Waals surface area contributed by atoms with Crippen LogP contribution in [0.1, 0.15) is 47.8 Å². The maximum Gasteiger partial charge on any atom is 0.335 e. The van der Waals surface area contributed by atoms with Crippen LogP contribution < -0.4 is 11.1 Å². The van der Waals surface area contributed by atoms with E-state index in [1.165, 1.54) is 6.07 Å². The molecule has 0 saturated carbocycles. The Morgan fingerprint density at radius 1 is 1.00 bits per heavy atom. The predicted molar refractivity (Wildman–Crippen MR) is 113 cm³/mol. The quantitative estimate of drug-likeness (QED) is 0.394. The van der Waals surface area contributed by atoms with E-state index in [9.17, 15) is 19.5 Å². The lowest BCUT2D eigenvalue weighted by molar-refractivity contribution is 0.0696. The summed E-state index contributed by atoms with van der Waals surface area (Å²) in [7, 11) is 0.